The molecule has 0 aliphatic carbocycles. The van der Waals surface area contributed by atoms with Crippen LogP contribution in [0.1, 0.15) is 202 Å². The van der Waals surface area contributed by atoms with Crippen LogP contribution in [0.2, 0.25) is 0 Å². The van der Waals surface area contributed by atoms with E-state index in [9.17, 15) is 0 Å². The first-order valence-corrected chi connectivity index (χ1v) is 33.5. The summed E-state index contributed by atoms with van der Waals surface area (Å²) in [6.07, 6.45) is -5.61. The smallest absolute Gasteiger partial charge is 0.139 e. The molecule has 0 unspecified atom stereocenters. The molecule has 0 bridgehead atoms. The molecule has 15 rings (SSSR count). The molecular formula is C89H98O4S. The van der Waals surface area contributed by atoms with Gasteiger partial charge in [-0.3, -0.25) is 0 Å². The average molecular weight is 1270 g/mol. The van der Waals surface area contributed by atoms with E-state index in [1.807, 2.05) is 158 Å². The van der Waals surface area contributed by atoms with Crippen molar-refractivity contribution in [2.24, 2.45) is 0 Å². The largest absolute Gasteiger partial charge is 0.456 e. The van der Waals surface area contributed by atoms with Crippen LogP contribution < -0.4 is 0 Å². The van der Waals surface area contributed by atoms with Crippen molar-refractivity contribution >= 4 is 119 Å². The van der Waals surface area contributed by atoms with Crippen molar-refractivity contribution in [2.45, 2.75) is 191 Å². The van der Waals surface area contributed by atoms with Gasteiger partial charge in [-0.1, -0.05) is 259 Å². The molecule has 15 aromatic rings. The van der Waals surface area contributed by atoms with E-state index < -0.39 is 32.3 Å². The summed E-state index contributed by atoms with van der Waals surface area (Å²) < 4.78 is 116. The van der Waals surface area contributed by atoms with Crippen molar-refractivity contribution in [3.05, 3.63) is 238 Å². The number of rotatable bonds is 4. The summed E-state index contributed by atoms with van der Waals surface area (Å²) in [7, 11) is 0. The lowest BCUT2D eigenvalue weighted by Gasteiger charge is -2.23. The predicted molar refractivity (Wildman–Crippen MR) is 410 cm³/mol. The van der Waals surface area contributed by atoms with Gasteiger partial charge in [0.1, 0.15) is 44.7 Å². The van der Waals surface area contributed by atoms with Gasteiger partial charge in [-0.25, -0.2) is 0 Å². The van der Waals surface area contributed by atoms with Gasteiger partial charge >= 0.3 is 0 Å². The summed E-state index contributed by atoms with van der Waals surface area (Å²) >= 11 is 1.66. The van der Waals surface area contributed by atoms with E-state index in [2.05, 4.69) is 128 Å². The van der Waals surface area contributed by atoms with Gasteiger partial charge in [0.25, 0.3) is 0 Å². The number of hydrogen-bond donors (Lipinski definition) is 0. The topological polar surface area (TPSA) is 52.6 Å². The van der Waals surface area contributed by atoms with Crippen molar-refractivity contribution in [2.75, 3.05) is 0 Å². The van der Waals surface area contributed by atoms with Crippen molar-refractivity contribution in [3.63, 3.8) is 0 Å². The summed E-state index contributed by atoms with van der Waals surface area (Å²) in [5.74, 6) is 0. The van der Waals surface area contributed by atoms with E-state index in [0.717, 1.165) is 136 Å². The SMILES string of the molecule is [2H]C([2H])(C)c1c(C(C)(C)C)ccc2c1oc1ccccc12.[2H]C([2H])(C)c1cc2oc3ccccc3c2cc1C(C)(C)C.[2H]C([2H])(C)c1ccc2c(oc3ccccc32)c1C(C)(C)C.[2H]C([2H])(C)c1ccc2oc3ccccc3c2c1C(C)(C)C.[2H]C([2H])([2H])c1c(C(C)(C)C)ccc2sc3ccccc3c12. The molecule has 0 amide bonds. The number of hydrogen-bond acceptors (Lipinski definition) is 5. The van der Waals surface area contributed by atoms with Crippen LogP contribution in [0.3, 0.4) is 0 Å². The highest BCUT2D eigenvalue weighted by Gasteiger charge is 2.27. The minimum atomic E-state index is -2.11. The van der Waals surface area contributed by atoms with Crippen molar-refractivity contribution < 1.29 is 32.7 Å². The minimum Gasteiger partial charge on any atom is -0.456 e. The van der Waals surface area contributed by atoms with Crippen molar-refractivity contribution in [3.8, 4) is 0 Å². The van der Waals surface area contributed by atoms with Gasteiger partial charge in [0.15, 0.2) is 0 Å². The number of furan rings is 4. The van der Waals surface area contributed by atoms with Crippen LogP contribution in [-0.2, 0) is 52.6 Å². The molecule has 5 heterocycles. The van der Waals surface area contributed by atoms with Crippen molar-refractivity contribution in [1.29, 1.82) is 0 Å². The molecule has 4 nitrogen and oxygen atoms in total. The zero-order valence-electron chi connectivity index (χ0n) is 69.4. The van der Waals surface area contributed by atoms with Gasteiger partial charge < -0.3 is 17.7 Å². The van der Waals surface area contributed by atoms with E-state index in [4.69, 9.17) is 32.7 Å². The lowest BCUT2D eigenvalue weighted by atomic mass is 9.80. The van der Waals surface area contributed by atoms with Crippen LogP contribution in [0.15, 0.2) is 200 Å². The van der Waals surface area contributed by atoms with Gasteiger partial charge in [0.2, 0.25) is 0 Å². The normalized spacial score (nSPS) is 14.9. The molecule has 5 heteroatoms. The molecule has 94 heavy (non-hydrogen) atoms. The number of para-hydroxylation sites is 4. The van der Waals surface area contributed by atoms with E-state index in [1.165, 1.54) is 0 Å². The summed E-state index contributed by atoms with van der Waals surface area (Å²) in [6, 6.07) is 59.6. The lowest BCUT2D eigenvalue weighted by molar-refractivity contribution is 0.566. The molecule has 0 N–H and O–H groups in total. The third-order valence-electron chi connectivity index (χ3n) is 17.7. The molecule has 0 atom stereocenters. The zero-order valence-corrected chi connectivity index (χ0v) is 59.2. The molecular weight excluding hydrogens is 1170 g/mol. The Kier molecular flexibility index (Phi) is 15.0. The van der Waals surface area contributed by atoms with E-state index in [1.54, 1.807) is 39.0 Å². The van der Waals surface area contributed by atoms with Crippen LogP contribution in [0, 0.1) is 6.85 Å². The van der Waals surface area contributed by atoms with Gasteiger partial charge in [0.05, 0.1) is 0 Å². The third-order valence-corrected chi connectivity index (χ3v) is 18.8. The molecule has 0 aliphatic heterocycles. The molecule has 0 aliphatic rings. The second-order valence-corrected chi connectivity index (χ2v) is 30.7. The third kappa shape index (κ3) is 13.1. The Bertz CT molecular complexity index is 5390. The minimum absolute atomic E-state index is 0.120. The predicted octanol–water partition coefficient (Wildman–Crippen LogP) is 27.4. The van der Waals surface area contributed by atoms with Crippen molar-refractivity contribution in [1.82, 2.24) is 0 Å². The molecule has 0 spiro atoms. The number of thiophene rings is 1. The fourth-order valence-corrected chi connectivity index (χ4v) is 14.4. The van der Waals surface area contributed by atoms with Crippen LogP contribution in [0.25, 0.3) is 108 Å². The van der Waals surface area contributed by atoms with Gasteiger partial charge in [0, 0.05) is 83.9 Å². The Morgan fingerprint density at radius 2 is 0.766 bits per heavy atom. The summed E-state index contributed by atoms with van der Waals surface area (Å²) in [5, 5.41) is 10.4. The summed E-state index contributed by atoms with van der Waals surface area (Å²) in [6.45, 7) is 35.9. The maximum atomic E-state index is 8.26. The maximum absolute atomic E-state index is 8.26. The Hall–Kier alpha value is -8.38. The maximum Gasteiger partial charge on any atom is 0.139 e. The monoisotopic (exact) mass is 1270 g/mol. The quantitative estimate of drug-likeness (QED) is 0.176. The van der Waals surface area contributed by atoms with Crippen LogP contribution in [-0.4, -0.2) is 0 Å². The van der Waals surface area contributed by atoms with Crippen LogP contribution in [0.4, 0.5) is 0 Å². The van der Waals surface area contributed by atoms with Gasteiger partial charge in [-0.15, -0.1) is 11.3 Å². The Morgan fingerprint density at radius 3 is 1.31 bits per heavy atom. The molecule has 10 aromatic carbocycles. The molecule has 0 saturated carbocycles. The Balaban J connectivity index is 0.000000131. The fourth-order valence-electron chi connectivity index (χ4n) is 13.2. The second kappa shape index (κ2) is 26.1. The van der Waals surface area contributed by atoms with Crippen LogP contribution in [0.5, 0.6) is 0 Å². The molecule has 0 fully saturated rings. The lowest BCUT2D eigenvalue weighted by Crippen LogP contribution is -2.14. The first-order valence-electron chi connectivity index (χ1n) is 38.2. The Morgan fingerprint density at radius 1 is 0.319 bits per heavy atom. The molecule has 0 radical (unpaired) electrons. The molecule has 484 valence electrons. The Labute approximate surface area is 577 Å². The van der Waals surface area contributed by atoms with Gasteiger partial charge in [-0.2, -0.15) is 0 Å². The van der Waals surface area contributed by atoms with E-state index >= 15 is 0 Å². The average Bonchev–Trinajstić information content (AvgIpc) is 1.65. The first-order chi connectivity index (χ1) is 48.5. The first kappa shape index (κ1) is 53.9. The van der Waals surface area contributed by atoms with E-state index in [-0.39, 0.29) is 27.1 Å². The van der Waals surface area contributed by atoms with Gasteiger partial charge in [-0.05, 0) is 164 Å². The number of aryl methyl sites for hydroxylation is 5. The number of benzene rings is 10. The zero-order chi connectivity index (χ0) is 77.1. The summed E-state index contributed by atoms with van der Waals surface area (Å²) in [4.78, 5) is 0. The van der Waals surface area contributed by atoms with E-state index in [0.29, 0.717) is 27.8 Å². The second-order valence-electron chi connectivity index (χ2n) is 29.6. The standard InChI is InChI=1S/4C18H20O.C17H18S/c1-5-12-10-17-14(11-15(12)18(2,3)4)13-8-6-7-9-16(13)19-17;1-5-12-15(18(2,3)4)11-10-14-13-8-6-7-9-16(13)19-17(12)14;1-5-12-10-11-14-13-8-6-7-9-15(13)19-17(14)16(12)18(2,3)4;1-5-12-10-11-15-16(17(12)18(2,3)4)13-8-6-7-9-14(13)19-15;1-11-13(17(2,3)4)9-10-15-16(11)12-7-5-6-8-14(12)18-15/h4*6-11H,5H2,1-4H3;5-10H,1-4H3/i4*5D2;1D3. The highest BCUT2D eigenvalue weighted by Crippen LogP contribution is 2.44. The number of fused-ring (bicyclic) bond motifs is 15. The highest BCUT2D eigenvalue weighted by atomic mass is 32.1. The fraction of sp³-hybridized carbons (Fsp3) is 0.326. The summed E-state index contributed by atoms with van der Waals surface area (Å²) in [5.41, 5.74) is 13.9. The molecule has 0 saturated heterocycles. The highest BCUT2D eigenvalue weighted by molar-refractivity contribution is 7.25. The molecule has 5 aromatic heterocycles. The van der Waals surface area contributed by atoms with Crippen LogP contribution >= 0.6 is 11.3 Å².